The summed E-state index contributed by atoms with van der Waals surface area (Å²) in [5, 5.41) is 6.64. The summed E-state index contributed by atoms with van der Waals surface area (Å²) in [6.45, 7) is 0. The number of pyridine rings is 1. The van der Waals surface area contributed by atoms with Gasteiger partial charge in [0.25, 0.3) is 0 Å². The van der Waals surface area contributed by atoms with Gasteiger partial charge in [0.05, 0.1) is 11.4 Å². The van der Waals surface area contributed by atoms with Gasteiger partial charge in [-0.15, -0.1) is 0 Å². The van der Waals surface area contributed by atoms with Crippen molar-refractivity contribution in [2.24, 2.45) is 0 Å². The minimum atomic E-state index is 0.657. The second kappa shape index (κ2) is 13.8. The molecule has 0 spiro atoms. The molecule has 0 aliphatic heterocycles. The highest BCUT2D eigenvalue weighted by molar-refractivity contribution is 6.08. The molecule has 0 saturated carbocycles. The Balaban J connectivity index is 1.04. The number of fused-ring (bicyclic) bond motifs is 7. The molecule has 4 heterocycles. The number of rotatable bonds is 6. The molecular formula is C55H33N3O2. The Labute approximate surface area is 344 Å². The quantitative estimate of drug-likeness (QED) is 0.169. The van der Waals surface area contributed by atoms with Crippen LogP contribution in [0.15, 0.2) is 209 Å². The van der Waals surface area contributed by atoms with E-state index in [1.807, 2.05) is 42.7 Å². The zero-order valence-corrected chi connectivity index (χ0v) is 32.2. The van der Waals surface area contributed by atoms with Gasteiger partial charge in [-0.2, -0.15) is 0 Å². The van der Waals surface area contributed by atoms with Crippen molar-refractivity contribution < 1.29 is 8.83 Å². The van der Waals surface area contributed by atoms with Crippen LogP contribution < -0.4 is 0 Å². The summed E-state index contributed by atoms with van der Waals surface area (Å²) in [4.78, 5) is 14.9. The Bertz CT molecular complexity index is 3470. The van der Waals surface area contributed by atoms with Crippen molar-refractivity contribution >= 4 is 54.6 Å². The van der Waals surface area contributed by atoms with E-state index in [4.69, 9.17) is 18.8 Å². The molecule has 280 valence electrons. The van der Waals surface area contributed by atoms with Gasteiger partial charge in [0.1, 0.15) is 22.3 Å². The molecule has 0 bridgehead atoms. The van der Waals surface area contributed by atoms with Gasteiger partial charge in [0, 0.05) is 56.0 Å². The predicted octanol–water partition coefficient (Wildman–Crippen LogP) is 14.8. The third-order valence-electron chi connectivity index (χ3n) is 11.6. The van der Waals surface area contributed by atoms with Crippen LogP contribution in [0.5, 0.6) is 0 Å². The third kappa shape index (κ3) is 5.83. The molecule has 4 aromatic heterocycles. The van der Waals surface area contributed by atoms with Gasteiger partial charge in [0.15, 0.2) is 5.82 Å². The highest BCUT2D eigenvalue weighted by Crippen LogP contribution is 2.39. The Kier molecular flexibility index (Phi) is 7.78. The fourth-order valence-electron chi connectivity index (χ4n) is 8.57. The molecule has 8 aromatic carbocycles. The first-order valence-corrected chi connectivity index (χ1v) is 20.1. The standard InChI is InChI=1S/C55H33N3O2/c1-2-9-35(10-3-1)49-32-50(58-55(57-49)36-19-17-34(18-20-36)43-14-8-11-39-33-56-26-25-44(39)43)42-28-40(37-21-23-53-47(30-37)45-12-4-6-15-51(45)59-53)27-41(29-42)38-22-24-54-48(31-38)46-13-5-7-16-52(46)60-54/h1-33H. The number of hydrogen-bond acceptors (Lipinski definition) is 5. The number of aromatic nitrogens is 3. The van der Waals surface area contributed by atoms with E-state index in [0.717, 1.165) is 111 Å². The second-order valence-corrected chi connectivity index (χ2v) is 15.2. The Hall–Kier alpha value is -8.15. The van der Waals surface area contributed by atoms with Gasteiger partial charge in [-0.25, -0.2) is 9.97 Å². The number of benzene rings is 8. The van der Waals surface area contributed by atoms with Gasteiger partial charge in [-0.05, 0) is 105 Å². The van der Waals surface area contributed by atoms with Crippen molar-refractivity contribution in [2.75, 3.05) is 0 Å². The summed E-state index contributed by atoms with van der Waals surface area (Å²) in [7, 11) is 0. The molecule has 0 amide bonds. The van der Waals surface area contributed by atoms with Gasteiger partial charge >= 0.3 is 0 Å². The van der Waals surface area contributed by atoms with E-state index in [0.29, 0.717) is 5.82 Å². The van der Waals surface area contributed by atoms with Crippen molar-refractivity contribution in [2.45, 2.75) is 0 Å². The maximum atomic E-state index is 6.23. The lowest BCUT2D eigenvalue weighted by Crippen LogP contribution is -1.97. The molecule has 12 aromatic rings. The number of nitrogens with zero attached hydrogens (tertiary/aromatic N) is 3. The minimum Gasteiger partial charge on any atom is -0.456 e. The van der Waals surface area contributed by atoms with E-state index in [1.165, 1.54) is 5.39 Å². The molecule has 5 nitrogen and oxygen atoms in total. The summed E-state index contributed by atoms with van der Waals surface area (Å²) in [6.07, 6.45) is 3.76. The van der Waals surface area contributed by atoms with Gasteiger partial charge in [-0.1, -0.05) is 121 Å². The zero-order valence-electron chi connectivity index (χ0n) is 32.2. The van der Waals surface area contributed by atoms with E-state index in [9.17, 15) is 0 Å². The first-order chi connectivity index (χ1) is 29.7. The molecule has 0 aliphatic rings. The molecule has 0 saturated heterocycles. The summed E-state index contributed by atoms with van der Waals surface area (Å²) < 4.78 is 12.5. The first kappa shape index (κ1) is 33.9. The van der Waals surface area contributed by atoms with Crippen LogP contribution in [0.4, 0.5) is 0 Å². The third-order valence-corrected chi connectivity index (χ3v) is 11.6. The molecule has 60 heavy (non-hydrogen) atoms. The SMILES string of the molecule is c1ccc(-c2cc(-c3cc(-c4ccc5oc6ccccc6c5c4)cc(-c4ccc5oc6ccccc6c5c4)c3)nc(-c3ccc(-c4cccc5cnccc45)cc3)n2)cc1. The normalized spacial score (nSPS) is 11.7. The van der Waals surface area contributed by atoms with Crippen LogP contribution in [0, 0.1) is 0 Å². The fraction of sp³-hybridized carbons (Fsp3) is 0. The predicted molar refractivity (Wildman–Crippen MR) is 245 cm³/mol. The lowest BCUT2D eigenvalue weighted by molar-refractivity contribution is 0.668. The Morgan fingerprint density at radius 2 is 0.867 bits per heavy atom. The largest absolute Gasteiger partial charge is 0.456 e. The molecule has 0 fully saturated rings. The molecule has 5 heteroatoms. The van der Waals surface area contributed by atoms with E-state index < -0.39 is 0 Å². The summed E-state index contributed by atoms with van der Waals surface area (Å²) in [5.74, 6) is 0.657. The fourth-order valence-corrected chi connectivity index (χ4v) is 8.57. The monoisotopic (exact) mass is 767 g/mol. The van der Waals surface area contributed by atoms with E-state index in [-0.39, 0.29) is 0 Å². The molecular weight excluding hydrogens is 735 g/mol. The van der Waals surface area contributed by atoms with E-state index in [2.05, 4.69) is 163 Å². The molecule has 0 atom stereocenters. The minimum absolute atomic E-state index is 0.657. The van der Waals surface area contributed by atoms with E-state index >= 15 is 0 Å². The van der Waals surface area contributed by atoms with Gasteiger partial charge in [-0.3, -0.25) is 4.98 Å². The smallest absolute Gasteiger partial charge is 0.160 e. The number of furan rings is 2. The van der Waals surface area contributed by atoms with Crippen molar-refractivity contribution in [3.05, 3.63) is 200 Å². The first-order valence-electron chi connectivity index (χ1n) is 20.1. The highest BCUT2D eigenvalue weighted by Gasteiger charge is 2.17. The van der Waals surface area contributed by atoms with Crippen LogP contribution in [-0.2, 0) is 0 Å². The molecule has 0 aliphatic carbocycles. The van der Waals surface area contributed by atoms with Crippen LogP contribution in [0.2, 0.25) is 0 Å². The topological polar surface area (TPSA) is 65.0 Å². The molecule has 0 unspecified atom stereocenters. The maximum absolute atomic E-state index is 6.23. The lowest BCUT2D eigenvalue weighted by atomic mass is 9.93. The molecule has 12 rings (SSSR count). The van der Waals surface area contributed by atoms with Crippen LogP contribution >= 0.6 is 0 Å². The lowest BCUT2D eigenvalue weighted by Gasteiger charge is -2.14. The van der Waals surface area contributed by atoms with Crippen molar-refractivity contribution in [1.82, 2.24) is 15.0 Å². The molecule has 0 radical (unpaired) electrons. The number of hydrogen-bond donors (Lipinski definition) is 0. The second-order valence-electron chi connectivity index (χ2n) is 15.2. The highest BCUT2D eigenvalue weighted by atomic mass is 16.3. The van der Waals surface area contributed by atoms with Gasteiger partial charge in [0.2, 0.25) is 0 Å². The summed E-state index contributed by atoms with van der Waals surface area (Å²) >= 11 is 0. The van der Waals surface area contributed by atoms with Crippen LogP contribution in [0.25, 0.3) is 122 Å². The van der Waals surface area contributed by atoms with E-state index in [1.54, 1.807) is 0 Å². The van der Waals surface area contributed by atoms with Crippen LogP contribution in [-0.4, -0.2) is 15.0 Å². The van der Waals surface area contributed by atoms with Gasteiger partial charge < -0.3 is 8.83 Å². The Morgan fingerprint density at radius 3 is 1.53 bits per heavy atom. The zero-order chi connectivity index (χ0) is 39.6. The van der Waals surface area contributed by atoms with Crippen molar-refractivity contribution in [3.63, 3.8) is 0 Å². The van der Waals surface area contributed by atoms with Crippen molar-refractivity contribution in [3.8, 4) is 67.3 Å². The average molecular weight is 768 g/mol. The molecule has 0 N–H and O–H groups in total. The summed E-state index contributed by atoms with van der Waals surface area (Å²) in [6, 6.07) is 65.6. The Morgan fingerprint density at radius 1 is 0.317 bits per heavy atom. The van der Waals surface area contributed by atoms with Crippen LogP contribution in [0.1, 0.15) is 0 Å². The van der Waals surface area contributed by atoms with Crippen molar-refractivity contribution in [1.29, 1.82) is 0 Å². The van der Waals surface area contributed by atoms with Crippen LogP contribution in [0.3, 0.4) is 0 Å². The average Bonchev–Trinajstić information content (AvgIpc) is 3.89. The summed E-state index contributed by atoms with van der Waals surface area (Å²) in [5.41, 5.74) is 14.7. The number of para-hydroxylation sites is 2. The maximum Gasteiger partial charge on any atom is 0.160 e.